The van der Waals surface area contributed by atoms with Crippen molar-refractivity contribution in [3.63, 3.8) is 0 Å². The van der Waals surface area contributed by atoms with Crippen molar-refractivity contribution >= 4 is 68.6 Å². The zero-order valence-electron chi connectivity index (χ0n) is 13.1. The number of hydrogen-bond acceptors (Lipinski definition) is 6. The lowest BCUT2D eigenvalue weighted by Crippen LogP contribution is -1.86. The summed E-state index contributed by atoms with van der Waals surface area (Å²) in [6, 6.07) is 18.0. The van der Waals surface area contributed by atoms with Crippen LogP contribution in [0.15, 0.2) is 68.1 Å². The van der Waals surface area contributed by atoms with Gasteiger partial charge in [0.05, 0.1) is 0 Å². The molecule has 2 aromatic rings. The van der Waals surface area contributed by atoms with Crippen molar-refractivity contribution in [2.24, 2.45) is 0 Å². The fourth-order valence-electron chi connectivity index (χ4n) is 1.99. The van der Waals surface area contributed by atoms with E-state index in [0.717, 1.165) is 10.5 Å². The largest absolute Gasteiger partial charge is 0.156 e. The Kier molecular flexibility index (Phi) is 6.69. The molecule has 0 nitrogen and oxygen atoms in total. The molecule has 2 unspecified atom stereocenters. The molecule has 0 saturated carbocycles. The Morgan fingerprint density at radius 3 is 1.29 bits per heavy atom. The molecule has 0 aromatic heterocycles. The molecule has 0 N–H and O–H groups in total. The first-order valence-electron chi connectivity index (χ1n) is 7.88. The van der Waals surface area contributed by atoms with Gasteiger partial charge in [0.1, 0.15) is 0 Å². The third kappa shape index (κ3) is 6.06. The second-order valence-electron chi connectivity index (χ2n) is 5.64. The Morgan fingerprint density at radius 1 is 0.625 bits per heavy atom. The number of rotatable bonds is 9. The summed E-state index contributed by atoms with van der Waals surface area (Å²) in [6.45, 7) is 0. The maximum Gasteiger partial charge on any atom is 0.0232 e. The van der Waals surface area contributed by atoms with Crippen LogP contribution in [0.3, 0.4) is 0 Å². The van der Waals surface area contributed by atoms with Crippen LogP contribution in [0.25, 0.3) is 0 Å². The summed E-state index contributed by atoms with van der Waals surface area (Å²) in [5.74, 6) is 5.23. The van der Waals surface area contributed by atoms with Gasteiger partial charge in [0.2, 0.25) is 0 Å². The molecule has 126 valence electrons. The Bertz CT molecular complexity index is 587. The number of hydrogen-bond donors (Lipinski definition) is 0. The molecule has 6 heteroatoms. The SMILES string of the molecule is c1cc(SSc2ccc(SCC3CS3)cc2)ccc1SCC1CS1. The molecular weight excluding hydrogens is 409 g/mol. The van der Waals surface area contributed by atoms with Gasteiger partial charge in [0, 0.05) is 53.1 Å². The van der Waals surface area contributed by atoms with E-state index in [9.17, 15) is 0 Å². The van der Waals surface area contributed by atoms with Crippen molar-refractivity contribution in [2.45, 2.75) is 30.1 Å². The summed E-state index contributed by atoms with van der Waals surface area (Å²) >= 11 is 8.12. The molecule has 2 aromatic carbocycles. The first-order chi connectivity index (χ1) is 11.8. The number of benzene rings is 2. The molecule has 2 atom stereocenters. The van der Waals surface area contributed by atoms with Crippen LogP contribution in [0, 0.1) is 0 Å². The van der Waals surface area contributed by atoms with Gasteiger partial charge in [-0.15, -0.1) is 23.5 Å². The third-order valence-electron chi connectivity index (χ3n) is 3.56. The van der Waals surface area contributed by atoms with Crippen LogP contribution in [0.5, 0.6) is 0 Å². The van der Waals surface area contributed by atoms with Crippen LogP contribution in [-0.4, -0.2) is 33.5 Å². The summed E-state index contributed by atoms with van der Waals surface area (Å²) in [5.41, 5.74) is 0. The molecule has 0 amide bonds. The van der Waals surface area contributed by atoms with Gasteiger partial charge in [0.15, 0.2) is 0 Å². The maximum absolute atomic E-state index is 2.26. The second-order valence-corrected chi connectivity index (χ2v) is 12.8. The summed E-state index contributed by atoms with van der Waals surface area (Å²) in [6.07, 6.45) is 0. The first-order valence-corrected chi connectivity index (χ1v) is 14.1. The fraction of sp³-hybridized carbons (Fsp3) is 0.333. The Hall–Kier alpha value is 0.540. The summed E-state index contributed by atoms with van der Waals surface area (Å²) in [7, 11) is 3.69. The molecular formula is C18H18S6. The van der Waals surface area contributed by atoms with Crippen molar-refractivity contribution in [1.29, 1.82) is 0 Å². The van der Waals surface area contributed by atoms with Crippen LogP contribution < -0.4 is 0 Å². The molecule has 2 saturated heterocycles. The van der Waals surface area contributed by atoms with Crippen LogP contribution in [-0.2, 0) is 0 Å². The highest BCUT2D eigenvalue weighted by Gasteiger charge is 2.22. The lowest BCUT2D eigenvalue weighted by molar-refractivity contribution is 1.26. The lowest BCUT2D eigenvalue weighted by atomic mass is 10.4. The van der Waals surface area contributed by atoms with E-state index in [0.29, 0.717) is 0 Å². The van der Waals surface area contributed by atoms with Crippen molar-refractivity contribution in [3.8, 4) is 0 Å². The lowest BCUT2D eigenvalue weighted by Gasteiger charge is -2.05. The highest BCUT2D eigenvalue weighted by Crippen LogP contribution is 2.40. The van der Waals surface area contributed by atoms with Crippen LogP contribution in [0.1, 0.15) is 0 Å². The van der Waals surface area contributed by atoms with Crippen molar-refractivity contribution in [3.05, 3.63) is 48.5 Å². The van der Waals surface area contributed by atoms with Gasteiger partial charge < -0.3 is 0 Å². The van der Waals surface area contributed by atoms with E-state index in [4.69, 9.17) is 0 Å². The van der Waals surface area contributed by atoms with E-state index in [1.807, 2.05) is 45.1 Å². The Balaban J connectivity index is 1.23. The van der Waals surface area contributed by atoms with Crippen LogP contribution >= 0.6 is 68.6 Å². The van der Waals surface area contributed by atoms with Gasteiger partial charge in [-0.05, 0) is 48.5 Å². The van der Waals surface area contributed by atoms with Crippen molar-refractivity contribution in [1.82, 2.24) is 0 Å². The van der Waals surface area contributed by atoms with Crippen molar-refractivity contribution in [2.75, 3.05) is 23.0 Å². The molecule has 2 heterocycles. The second kappa shape index (κ2) is 8.96. The molecule has 24 heavy (non-hydrogen) atoms. The topological polar surface area (TPSA) is 0 Å². The minimum atomic E-state index is 0.906. The fourth-order valence-corrected chi connectivity index (χ4v) is 7.55. The van der Waals surface area contributed by atoms with Gasteiger partial charge in [-0.2, -0.15) is 23.5 Å². The highest BCUT2D eigenvalue weighted by molar-refractivity contribution is 8.76. The van der Waals surface area contributed by atoms with Gasteiger partial charge in [-0.25, -0.2) is 0 Å². The molecule has 0 aliphatic carbocycles. The van der Waals surface area contributed by atoms with Gasteiger partial charge in [0.25, 0.3) is 0 Å². The molecule has 2 aliphatic rings. The van der Waals surface area contributed by atoms with E-state index < -0.39 is 0 Å². The standard InChI is InChI=1S/C18H18S6/c1-5-15(6-2-13(1)19-9-17-11-21-17)23-24-16-7-3-14(4-8-16)20-10-18-12-22-18/h1-8,17-18H,9-12H2. The summed E-state index contributed by atoms with van der Waals surface area (Å²) in [5, 5.41) is 1.81. The highest BCUT2D eigenvalue weighted by atomic mass is 33.1. The normalized spacial score (nSPS) is 21.7. The van der Waals surface area contributed by atoms with Gasteiger partial charge >= 0.3 is 0 Å². The van der Waals surface area contributed by atoms with Crippen LogP contribution in [0.2, 0.25) is 0 Å². The van der Waals surface area contributed by atoms with E-state index in [-0.39, 0.29) is 0 Å². The predicted octanol–water partition coefficient (Wildman–Crippen LogP) is 6.90. The number of thioether (sulfide) groups is 4. The monoisotopic (exact) mass is 426 g/mol. The average Bonchev–Trinajstić information content (AvgIpc) is 3.53. The minimum absolute atomic E-state index is 0.906. The Morgan fingerprint density at radius 2 is 0.958 bits per heavy atom. The quantitative estimate of drug-likeness (QED) is 0.241. The van der Waals surface area contributed by atoms with Crippen LogP contribution in [0.4, 0.5) is 0 Å². The van der Waals surface area contributed by atoms with Gasteiger partial charge in [-0.1, -0.05) is 21.6 Å². The maximum atomic E-state index is 2.26. The predicted molar refractivity (Wildman–Crippen MR) is 119 cm³/mol. The molecule has 0 spiro atoms. The molecule has 0 radical (unpaired) electrons. The van der Waals surface area contributed by atoms with E-state index in [2.05, 4.69) is 72.1 Å². The Labute approximate surface area is 169 Å². The molecule has 2 fully saturated rings. The first kappa shape index (κ1) is 17.9. The smallest absolute Gasteiger partial charge is 0.0232 e. The summed E-state index contributed by atoms with van der Waals surface area (Å²) < 4.78 is 0. The average molecular weight is 427 g/mol. The van der Waals surface area contributed by atoms with E-state index in [1.54, 1.807) is 0 Å². The summed E-state index contributed by atoms with van der Waals surface area (Å²) in [4.78, 5) is 5.45. The molecule has 4 rings (SSSR count). The zero-order valence-corrected chi connectivity index (χ0v) is 18.0. The molecule has 0 bridgehead atoms. The third-order valence-corrected chi connectivity index (χ3v) is 10.7. The van der Waals surface area contributed by atoms with E-state index in [1.165, 1.54) is 42.6 Å². The van der Waals surface area contributed by atoms with E-state index >= 15 is 0 Å². The molecule has 2 aliphatic heterocycles. The van der Waals surface area contributed by atoms with Crippen molar-refractivity contribution < 1.29 is 0 Å². The minimum Gasteiger partial charge on any atom is -0.156 e. The zero-order chi connectivity index (χ0) is 16.2. The van der Waals surface area contributed by atoms with Gasteiger partial charge in [-0.3, -0.25) is 0 Å².